The fourth-order valence-electron chi connectivity index (χ4n) is 2.37. The number of nitrogens with zero attached hydrogens (tertiary/aromatic N) is 3. The number of aromatic nitrogens is 2. The van der Waals surface area contributed by atoms with E-state index in [2.05, 4.69) is 14.9 Å². The maximum Gasteiger partial charge on any atom is 0.228 e. The van der Waals surface area contributed by atoms with Crippen LogP contribution in [0.5, 0.6) is 5.88 Å². The zero-order valence-corrected chi connectivity index (χ0v) is 10.7. The number of methoxy groups -OCH3 is 1. The van der Waals surface area contributed by atoms with Crippen LogP contribution in [-0.2, 0) is 4.74 Å². The van der Waals surface area contributed by atoms with Crippen molar-refractivity contribution in [2.75, 3.05) is 31.8 Å². The van der Waals surface area contributed by atoms with E-state index in [1.807, 2.05) is 0 Å². The van der Waals surface area contributed by atoms with Crippen molar-refractivity contribution < 1.29 is 9.47 Å². The van der Waals surface area contributed by atoms with Gasteiger partial charge in [0.1, 0.15) is 0 Å². The molecular weight excluding hydrogens is 230 g/mol. The van der Waals surface area contributed by atoms with Gasteiger partial charge < -0.3 is 14.4 Å². The standard InChI is InChI=1S/C13H19N3O2/c1-17-12-4-6-14-13(15-12)16(11-2-3-11)8-10-5-7-18-9-10/h4,6,10-11H,2-3,5,7-9H2,1H3. The van der Waals surface area contributed by atoms with Crippen LogP contribution in [0, 0.1) is 5.92 Å². The van der Waals surface area contributed by atoms with Gasteiger partial charge in [0.15, 0.2) is 0 Å². The Morgan fingerprint density at radius 2 is 2.33 bits per heavy atom. The van der Waals surface area contributed by atoms with Gasteiger partial charge in [0.05, 0.1) is 13.7 Å². The minimum absolute atomic E-state index is 0.609. The predicted octanol–water partition coefficient (Wildman–Crippen LogP) is 1.49. The van der Waals surface area contributed by atoms with E-state index in [-0.39, 0.29) is 0 Å². The summed E-state index contributed by atoms with van der Waals surface area (Å²) in [6.45, 7) is 2.76. The summed E-state index contributed by atoms with van der Waals surface area (Å²) >= 11 is 0. The second-order valence-corrected chi connectivity index (χ2v) is 5.01. The highest BCUT2D eigenvalue weighted by Crippen LogP contribution is 2.32. The first-order valence-electron chi connectivity index (χ1n) is 6.58. The monoisotopic (exact) mass is 249 g/mol. The lowest BCUT2D eigenvalue weighted by Crippen LogP contribution is -2.33. The molecule has 5 nitrogen and oxygen atoms in total. The molecular formula is C13H19N3O2. The minimum Gasteiger partial charge on any atom is -0.481 e. The van der Waals surface area contributed by atoms with Crippen LogP contribution in [0.1, 0.15) is 19.3 Å². The van der Waals surface area contributed by atoms with E-state index in [4.69, 9.17) is 9.47 Å². The van der Waals surface area contributed by atoms with Crippen LogP contribution in [0.2, 0.25) is 0 Å². The van der Waals surface area contributed by atoms with E-state index >= 15 is 0 Å². The Morgan fingerprint density at radius 3 is 3.00 bits per heavy atom. The molecule has 2 aliphatic rings. The predicted molar refractivity (Wildman–Crippen MR) is 67.9 cm³/mol. The molecule has 1 saturated heterocycles. The van der Waals surface area contributed by atoms with Crippen molar-refractivity contribution in [3.05, 3.63) is 12.3 Å². The molecule has 18 heavy (non-hydrogen) atoms. The first kappa shape index (κ1) is 11.7. The van der Waals surface area contributed by atoms with Crippen LogP contribution < -0.4 is 9.64 Å². The van der Waals surface area contributed by atoms with Gasteiger partial charge in [0.2, 0.25) is 11.8 Å². The summed E-state index contributed by atoms with van der Waals surface area (Å²) in [5.74, 6) is 2.04. The molecule has 0 aromatic carbocycles. The van der Waals surface area contributed by atoms with E-state index in [0.717, 1.165) is 32.1 Å². The first-order valence-corrected chi connectivity index (χ1v) is 6.58. The van der Waals surface area contributed by atoms with Crippen LogP contribution in [0.25, 0.3) is 0 Å². The summed E-state index contributed by atoms with van der Waals surface area (Å²) in [4.78, 5) is 11.2. The van der Waals surface area contributed by atoms with Crippen molar-refractivity contribution in [3.63, 3.8) is 0 Å². The van der Waals surface area contributed by atoms with E-state index in [9.17, 15) is 0 Å². The Morgan fingerprint density at radius 1 is 1.44 bits per heavy atom. The molecule has 5 heteroatoms. The highest BCUT2D eigenvalue weighted by atomic mass is 16.5. The summed E-state index contributed by atoms with van der Waals surface area (Å²) in [5.41, 5.74) is 0. The summed E-state index contributed by atoms with van der Waals surface area (Å²) in [6, 6.07) is 2.39. The summed E-state index contributed by atoms with van der Waals surface area (Å²) in [6.07, 6.45) is 5.40. The van der Waals surface area contributed by atoms with Crippen molar-refractivity contribution in [2.45, 2.75) is 25.3 Å². The molecule has 2 fully saturated rings. The number of hydrogen-bond acceptors (Lipinski definition) is 5. The van der Waals surface area contributed by atoms with Crippen molar-refractivity contribution in [1.82, 2.24) is 9.97 Å². The Bertz CT molecular complexity index is 403. The molecule has 1 unspecified atom stereocenters. The van der Waals surface area contributed by atoms with Crippen LogP contribution in [-0.4, -0.2) is 42.9 Å². The summed E-state index contributed by atoms with van der Waals surface area (Å²) in [5, 5.41) is 0. The van der Waals surface area contributed by atoms with Crippen LogP contribution in [0.15, 0.2) is 12.3 Å². The molecule has 1 atom stereocenters. The molecule has 98 valence electrons. The molecule has 1 aromatic rings. The van der Waals surface area contributed by atoms with Gasteiger partial charge in [-0.25, -0.2) is 4.98 Å². The highest BCUT2D eigenvalue weighted by molar-refractivity contribution is 5.35. The van der Waals surface area contributed by atoms with Crippen molar-refractivity contribution in [2.24, 2.45) is 5.92 Å². The Labute approximate surface area is 107 Å². The minimum atomic E-state index is 0.609. The van der Waals surface area contributed by atoms with Gasteiger partial charge in [0.25, 0.3) is 0 Å². The lowest BCUT2D eigenvalue weighted by molar-refractivity contribution is 0.186. The fraction of sp³-hybridized carbons (Fsp3) is 0.692. The zero-order valence-electron chi connectivity index (χ0n) is 10.7. The maximum atomic E-state index is 5.45. The average Bonchev–Trinajstić information content (AvgIpc) is 3.13. The molecule has 0 amide bonds. The Kier molecular flexibility index (Phi) is 3.32. The maximum absolute atomic E-state index is 5.45. The van der Waals surface area contributed by atoms with Crippen molar-refractivity contribution in [1.29, 1.82) is 0 Å². The normalized spacial score (nSPS) is 23.1. The van der Waals surface area contributed by atoms with Crippen molar-refractivity contribution in [3.8, 4) is 5.88 Å². The molecule has 0 N–H and O–H groups in total. The second kappa shape index (κ2) is 5.10. The van der Waals surface area contributed by atoms with E-state index in [1.54, 1.807) is 19.4 Å². The third kappa shape index (κ3) is 2.56. The number of rotatable bonds is 5. The molecule has 0 bridgehead atoms. The summed E-state index contributed by atoms with van der Waals surface area (Å²) in [7, 11) is 1.64. The van der Waals surface area contributed by atoms with Crippen LogP contribution in [0.4, 0.5) is 5.95 Å². The van der Waals surface area contributed by atoms with Crippen molar-refractivity contribution >= 4 is 5.95 Å². The molecule has 2 heterocycles. The molecule has 0 radical (unpaired) electrons. The highest BCUT2D eigenvalue weighted by Gasteiger charge is 2.33. The fourth-order valence-corrected chi connectivity index (χ4v) is 2.37. The largest absolute Gasteiger partial charge is 0.481 e. The molecule has 1 aliphatic carbocycles. The second-order valence-electron chi connectivity index (χ2n) is 5.01. The van der Waals surface area contributed by atoms with Gasteiger partial charge in [-0.2, -0.15) is 4.98 Å². The molecule has 1 aliphatic heterocycles. The average molecular weight is 249 g/mol. The molecule has 1 saturated carbocycles. The van der Waals surface area contributed by atoms with Crippen LogP contribution in [0.3, 0.4) is 0 Å². The summed E-state index contributed by atoms with van der Waals surface area (Å²) < 4.78 is 10.6. The topological polar surface area (TPSA) is 47.5 Å². The SMILES string of the molecule is COc1ccnc(N(CC2CCOC2)C2CC2)n1. The van der Waals surface area contributed by atoms with Gasteiger partial charge in [-0.05, 0) is 19.3 Å². The molecule has 1 aromatic heterocycles. The molecule has 0 spiro atoms. The van der Waals surface area contributed by atoms with E-state index < -0.39 is 0 Å². The van der Waals surface area contributed by atoms with E-state index in [0.29, 0.717) is 17.8 Å². The Balaban J connectivity index is 1.75. The van der Waals surface area contributed by atoms with Gasteiger partial charge in [0, 0.05) is 37.4 Å². The van der Waals surface area contributed by atoms with Gasteiger partial charge in [-0.1, -0.05) is 0 Å². The van der Waals surface area contributed by atoms with Gasteiger partial charge in [-0.3, -0.25) is 0 Å². The quantitative estimate of drug-likeness (QED) is 0.791. The lowest BCUT2D eigenvalue weighted by Gasteiger charge is -2.25. The van der Waals surface area contributed by atoms with Gasteiger partial charge >= 0.3 is 0 Å². The van der Waals surface area contributed by atoms with Gasteiger partial charge in [-0.15, -0.1) is 0 Å². The van der Waals surface area contributed by atoms with Crippen LogP contribution >= 0.6 is 0 Å². The van der Waals surface area contributed by atoms with E-state index in [1.165, 1.54) is 12.8 Å². The molecule has 3 rings (SSSR count). The lowest BCUT2D eigenvalue weighted by atomic mass is 10.1. The zero-order chi connectivity index (χ0) is 12.4. The smallest absolute Gasteiger partial charge is 0.228 e. The number of anilines is 1. The third-order valence-electron chi connectivity index (χ3n) is 3.55. The number of ether oxygens (including phenoxy) is 2. The third-order valence-corrected chi connectivity index (χ3v) is 3.55. The number of hydrogen-bond donors (Lipinski definition) is 0. The first-order chi connectivity index (χ1) is 8.86. The Hall–Kier alpha value is -1.36.